The molecule has 0 spiro atoms. The molecule has 3 aromatic rings. The van der Waals surface area contributed by atoms with Gasteiger partial charge in [-0.1, -0.05) is 55.8 Å². The SMILES string of the molecule is CCCCC(=O)N(c1ccccc1)[C@H]1C[C@H](C)N(C(=O)c2cccc(OC)c2)c2ccccc21. The normalized spacial score (nSPS) is 17.1. The highest BCUT2D eigenvalue weighted by atomic mass is 16.5. The minimum absolute atomic E-state index is 0.0686. The number of hydrogen-bond acceptors (Lipinski definition) is 3. The lowest BCUT2D eigenvalue weighted by Gasteiger charge is -2.43. The Hall–Kier alpha value is -3.60. The lowest BCUT2D eigenvalue weighted by atomic mass is 9.89. The maximum absolute atomic E-state index is 13.7. The Morgan fingerprint density at radius 2 is 1.74 bits per heavy atom. The van der Waals surface area contributed by atoms with Gasteiger partial charge in [0.25, 0.3) is 5.91 Å². The first-order valence-electron chi connectivity index (χ1n) is 12.0. The highest BCUT2D eigenvalue weighted by Crippen LogP contribution is 2.43. The number of carbonyl (C=O) groups excluding carboxylic acids is 2. The number of methoxy groups -OCH3 is 1. The number of benzene rings is 3. The van der Waals surface area contributed by atoms with E-state index in [9.17, 15) is 9.59 Å². The summed E-state index contributed by atoms with van der Waals surface area (Å²) in [5.41, 5.74) is 3.32. The Morgan fingerprint density at radius 1 is 1.00 bits per heavy atom. The van der Waals surface area contributed by atoms with Gasteiger partial charge in [-0.3, -0.25) is 9.59 Å². The van der Waals surface area contributed by atoms with Gasteiger partial charge in [0.2, 0.25) is 5.91 Å². The van der Waals surface area contributed by atoms with Crippen LogP contribution < -0.4 is 14.5 Å². The van der Waals surface area contributed by atoms with Crippen molar-refractivity contribution in [3.63, 3.8) is 0 Å². The van der Waals surface area contributed by atoms with Crippen molar-refractivity contribution in [2.45, 2.75) is 51.6 Å². The third-order valence-electron chi connectivity index (χ3n) is 6.45. The van der Waals surface area contributed by atoms with Crippen molar-refractivity contribution >= 4 is 23.2 Å². The van der Waals surface area contributed by atoms with Crippen LogP contribution in [0.1, 0.15) is 61.5 Å². The molecule has 4 rings (SSSR count). The second-order valence-corrected chi connectivity index (χ2v) is 8.77. The van der Waals surface area contributed by atoms with Crippen LogP contribution in [0.25, 0.3) is 0 Å². The van der Waals surface area contributed by atoms with Gasteiger partial charge in [-0.2, -0.15) is 0 Å². The largest absolute Gasteiger partial charge is 0.497 e. The van der Waals surface area contributed by atoms with Crippen LogP contribution in [0.3, 0.4) is 0 Å². The molecule has 176 valence electrons. The van der Waals surface area contributed by atoms with E-state index >= 15 is 0 Å². The van der Waals surface area contributed by atoms with Crippen LogP contribution in [-0.2, 0) is 4.79 Å². The van der Waals surface area contributed by atoms with E-state index in [-0.39, 0.29) is 23.9 Å². The number of amides is 2. The van der Waals surface area contributed by atoms with Gasteiger partial charge in [-0.25, -0.2) is 0 Å². The Bertz CT molecular complexity index is 1140. The summed E-state index contributed by atoms with van der Waals surface area (Å²) in [6.45, 7) is 4.15. The van der Waals surface area contributed by atoms with Crippen LogP contribution in [0, 0.1) is 0 Å². The molecule has 0 saturated heterocycles. The number of carbonyl (C=O) groups is 2. The number of unbranched alkanes of at least 4 members (excludes halogenated alkanes) is 1. The molecule has 0 saturated carbocycles. The summed E-state index contributed by atoms with van der Waals surface area (Å²) < 4.78 is 5.33. The summed E-state index contributed by atoms with van der Waals surface area (Å²) in [6, 6.07) is 24.8. The Balaban J connectivity index is 1.76. The molecule has 0 aromatic heterocycles. The van der Waals surface area contributed by atoms with Gasteiger partial charge in [0.05, 0.1) is 13.2 Å². The summed E-state index contributed by atoms with van der Waals surface area (Å²) in [5, 5.41) is 0. The first kappa shape index (κ1) is 23.6. The smallest absolute Gasteiger partial charge is 0.258 e. The highest BCUT2D eigenvalue weighted by Gasteiger charge is 2.38. The van der Waals surface area contributed by atoms with Crippen molar-refractivity contribution in [2.24, 2.45) is 0 Å². The number of nitrogens with zero attached hydrogens (tertiary/aromatic N) is 2. The molecular formula is C29H32N2O3. The minimum atomic E-state index is -0.146. The second-order valence-electron chi connectivity index (χ2n) is 8.77. The van der Waals surface area contributed by atoms with E-state index in [0.29, 0.717) is 24.2 Å². The van der Waals surface area contributed by atoms with Crippen LogP contribution in [-0.4, -0.2) is 25.0 Å². The maximum atomic E-state index is 13.7. The first-order valence-corrected chi connectivity index (χ1v) is 12.0. The number of para-hydroxylation sites is 2. The van der Waals surface area contributed by atoms with Crippen LogP contribution >= 0.6 is 0 Å². The van der Waals surface area contributed by atoms with Gasteiger partial charge in [-0.05, 0) is 61.7 Å². The third-order valence-corrected chi connectivity index (χ3v) is 6.45. The summed E-state index contributed by atoms with van der Waals surface area (Å²) in [4.78, 5) is 30.9. The molecule has 1 heterocycles. The van der Waals surface area contributed by atoms with Crippen molar-refractivity contribution in [2.75, 3.05) is 16.9 Å². The van der Waals surface area contributed by atoms with E-state index in [1.165, 1.54) is 0 Å². The molecule has 0 N–H and O–H groups in total. The van der Waals surface area contributed by atoms with Gasteiger partial charge in [-0.15, -0.1) is 0 Å². The monoisotopic (exact) mass is 456 g/mol. The highest BCUT2D eigenvalue weighted by molar-refractivity contribution is 6.08. The van der Waals surface area contributed by atoms with Crippen molar-refractivity contribution < 1.29 is 14.3 Å². The summed E-state index contributed by atoms with van der Waals surface area (Å²) >= 11 is 0. The molecule has 0 fully saturated rings. The zero-order valence-electron chi connectivity index (χ0n) is 20.1. The Labute approximate surface area is 202 Å². The molecule has 5 nitrogen and oxygen atoms in total. The molecule has 34 heavy (non-hydrogen) atoms. The number of anilines is 2. The number of ether oxygens (including phenoxy) is 1. The number of hydrogen-bond donors (Lipinski definition) is 0. The van der Waals surface area contributed by atoms with Crippen LogP contribution in [0.5, 0.6) is 5.75 Å². The van der Waals surface area contributed by atoms with E-state index in [1.54, 1.807) is 13.2 Å². The van der Waals surface area contributed by atoms with Crippen molar-refractivity contribution in [3.8, 4) is 5.75 Å². The fourth-order valence-corrected chi connectivity index (χ4v) is 4.77. The molecule has 0 radical (unpaired) electrons. The Kier molecular flexibility index (Phi) is 7.31. The molecule has 3 aromatic carbocycles. The number of rotatable bonds is 7. The molecule has 1 aliphatic rings. The quantitative estimate of drug-likeness (QED) is 0.413. The third kappa shape index (κ3) is 4.69. The van der Waals surface area contributed by atoms with E-state index in [1.807, 2.05) is 82.6 Å². The summed E-state index contributed by atoms with van der Waals surface area (Å²) in [7, 11) is 1.60. The lowest BCUT2D eigenvalue weighted by molar-refractivity contribution is -0.119. The van der Waals surface area contributed by atoms with Crippen LogP contribution in [0.4, 0.5) is 11.4 Å². The topological polar surface area (TPSA) is 49.9 Å². The van der Waals surface area contributed by atoms with Gasteiger partial charge < -0.3 is 14.5 Å². The maximum Gasteiger partial charge on any atom is 0.258 e. The fourth-order valence-electron chi connectivity index (χ4n) is 4.77. The average Bonchev–Trinajstić information content (AvgIpc) is 2.88. The Morgan fingerprint density at radius 3 is 2.47 bits per heavy atom. The molecular weight excluding hydrogens is 424 g/mol. The van der Waals surface area contributed by atoms with Gasteiger partial charge in [0.15, 0.2) is 0 Å². The van der Waals surface area contributed by atoms with Crippen LogP contribution in [0.2, 0.25) is 0 Å². The second kappa shape index (κ2) is 10.6. The summed E-state index contributed by atoms with van der Waals surface area (Å²) in [5.74, 6) is 0.701. The van der Waals surface area contributed by atoms with Gasteiger partial charge in [0.1, 0.15) is 5.75 Å². The molecule has 0 unspecified atom stereocenters. The van der Waals surface area contributed by atoms with E-state index in [4.69, 9.17) is 4.74 Å². The first-order chi connectivity index (χ1) is 16.5. The molecule has 1 aliphatic heterocycles. The minimum Gasteiger partial charge on any atom is -0.497 e. The van der Waals surface area contributed by atoms with E-state index in [2.05, 4.69) is 13.8 Å². The lowest BCUT2D eigenvalue weighted by Crippen LogP contribution is -2.47. The van der Waals surface area contributed by atoms with Crippen LogP contribution in [0.15, 0.2) is 78.9 Å². The number of fused-ring (bicyclic) bond motifs is 1. The van der Waals surface area contributed by atoms with Gasteiger partial charge >= 0.3 is 0 Å². The molecule has 0 aliphatic carbocycles. The molecule has 2 atom stereocenters. The predicted octanol–water partition coefficient (Wildman–Crippen LogP) is 6.40. The van der Waals surface area contributed by atoms with E-state index < -0.39 is 0 Å². The standard InChI is InChI=1S/C29H32N2O3/c1-4-5-18-28(32)31(23-13-7-6-8-14-23)27-19-21(2)30(26-17-10-9-16-25(26)27)29(33)22-12-11-15-24(20-22)34-3/h6-17,20-21,27H,4-5,18-19H2,1-3H3/t21-,27-/m0/s1. The zero-order chi connectivity index (χ0) is 24.1. The predicted molar refractivity (Wildman–Crippen MR) is 137 cm³/mol. The van der Waals surface area contributed by atoms with E-state index in [0.717, 1.165) is 29.8 Å². The average molecular weight is 457 g/mol. The summed E-state index contributed by atoms with van der Waals surface area (Å²) in [6.07, 6.45) is 2.98. The zero-order valence-corrected chi connectivity index (χ0v) is 20.1. The molecule has 5 heteroatoms. The van der Waals surface area contributed by atoms with Crippen molar-refractivity contribution in [3.05, 3.63) is 90.0 Å². The van der Waals surface area contributed by atoms with Crippen molar-refractivity contribution in [1.82, 2.24) is 0 Å². The van der Waals surface area contributed by atoms with Gasteiger partial charge in [0, 0.05) is 29.4 Å². The van der Waals surface area contributed by atoms with Crippen molar-refractivity contribution in [1.29, 1.82) is 0 Å². The molecule has 2 amide bonds. The fraction of sp³-hybridized carbons (Fsp3) is 0.310. The molecule has 0 bridgehead atoms.